The van der Waals surface area contributed by atoms with Gasteiger partial charge >= 0.3 is 23.5 Å². The first-order valence-corrected chi connectivity index (χ1v) is 13.2. The van der Waals surface area contributed by atoms with Gasteiger partial charge in [-0.3, -0.25) is 13.9 Å². The van der Waals surface area contributed by atoms with Crippen molar-refractivity contribution >= 4 is 34.6 Å². The molecule has 3 rings (SSSR count). The van der Waals surface area contributed by atoms with Gasteiger partial charge in [-0.05, 0) is 13.8 Å². The van der Waals surface area contributed by atoms with Crippen LogP contribution in [-0.2, 0) is 31.6 Å². The number of nitrogens with one attached hydrogen (secondary N) is 1. The lowest BCUT2D eigenvalue weighted by Crippen LogP contribution is -2.46. The topological polar surface area (TPSA) is 253 Å². The van der Waals surface area contributed by atoms with Gasteiger partial charge in [-0.25, -0.2) is 32.4 Å². The highest BCUT2D eigenvalue weighted by Gasteiger charge is 2.65. The van der Waals surface area contributed by atoms with E-state index in [0.29, 0.717) is 0 Å². The molecule has 6 atom stereocenters. The Kier molecular flexibility index (Phi) is 6.85. The van der Waals surface area contributed by atoms with Gasteiger partial charge in [-0.2, -0.15) is 8.62 Å². The first-order valence-electron chi connectivity index (χ1n) is 8.71. The number of nitrogens with zero attached hydrogens (tertiary/aromatic N) is 3. The fourth-order valence-electron chi connectivity index (χ4n) is 3.05. The third kappa shape index (κ3) is 5.51. The molecule has 17 nitrogen and oxygen atoms in total. The molecule has 0 aromatic carbocycles. The average molecular weight is 556 g/mol. The molecule has 2 aromatic heterocycles. The highest BCUT2D eigenvalue weighted by molar-refractivity contribution is 7.66. The summed E-state index contributed by atoms with van der Waals surface area (Å²) < 4.78 is 80.7. The van der Waals surface area contributed by atoms with Gasteiger partial charge in [-0.15, -0.1) is 0 Å². The minimum atomic E-state index is -5.91. The highest BCUT2D eigenvalue weighted by atomic mass is 31.3. The van der Waals surface area contributed by atoms with Gasteiger partial charge in [0.1, 0.15) is 18.0 Å². The van der Waals surface area contributed by atoms with Crippen LogP contribution in [0.25, 0.3) is 11.2 Å². The number of ether oxygens (including phenoxy) is 1. The van der Waals surface area contributed by atoms with Crippen molar-refractivity contribution in [1.29, 1.82) is 0 Å². The fraction of sp³-hybridized carbons (Fsp3) is 0.583. The maximum Gasteiger partial charge on any atom is 0.490 e. The second-order valence-electron chi connectivity index (χ2n) is 7.18. The summed E-state index contributed by atoms with van der Waals surface area (Å²) in [4.78, 5) is 57.6. The number of hydrogen-bond donors (Lipinski definition) is 6. The van der Waals surface area contributed by atoms with Gasteiger partial charge in [-0.1, -0.05) is 0 Å². The van der Waals surface area contributed by atoms with Crippen molar-refractivity contribution < 1.29 is 65.0 Å². The van der Waals surface area contributed by atoms with Crippen LogP contribution in [0.4, 0.5) is 8.78 Å². The molecule has 1 saturated heterocycles. The van der Waals surface area contributed by atoms with Crippen molar-refractivity contribution in [2.24, 2.45) is 0 Å². The molecular weight excluding hydrogens is 539 g/mol. The molecule has 2 unspecified atom stereocenters. The molecule has 192 valence electrons. The maximum absolute atomic E-state index is 15.3. The van der Waals surface area contributed by atoms with Crippen molar-refractivity contribution in [2.45, 2.75) is 37.7 Å². The Balaban J connectivity index is 1.84. The Morgan fingerprint density at radius 3 is 2.44 bits per heavy atom. The van der Waals surface area contributed by atoms with E-state index in [9.17, 15) is 32.9 Å². The molecule has 6 N–H and O–H groups in total. The van der Waals surface area contributed by atoms with Crippen LogP contribution in [0.15, 0.2) is 11.1 Å². The number of phosphoric ester groups is 1. The standard InChI is InChI=1S/C12H17F2N4O13P3/c1-5-16-7-6(8(19)17-5)15-4-18(7)10-11(2,20)9(13)12(14,29-10)3-28-33(24,25)31-34(26,27)30-32(21,22)23/h4,9-10,20H,3H2,1-2H3,(H,24,25)(H,26,27)(H,16,17,19)(H2,21,22,23)/t9-,10+,11+,12+/m0/s1. The summed E-state index contributed by atoms with van der Waals surface area (Å²) in [6.07, 6.45) is -4.04. The van der Waals surface area contributed by atoms with E-state index in [1.165, 1.54) is 6.92 Å². The van der Waals surface area contributed by atoms with E-state index in [4.69, 9.17) is 19.4 Å². The predicted molar refractivity (Wildman–Crippen MR) is 102 cm³/mol. The molecule has 3 heterocycles. The molecule has 0 spiro atoms. The number of aromatic nitrogens is 4. The molecule has 1 aliphatic rings. The normalized spacial score (nSPS) is 31.4. The monoisotopic (exact) mass is 556 g/mol. The van der Waals surface area contributed by atoms with Gasteiger partial charge in [0.2, 0.25) is 0 Å². The van der Waals surface area contributed by atoms with Crippen LogP contribution >= 0.6 is 23.5 Å². The number of rotatable bonds is 8. The molecule has 22 heteroatoms. The molecule has 0 amide bonds. The Morgan fingerprint density at radius 1 is 1.24 bits per heavy atom. The van der Waals surface area contributed by atoms with E-state index in [2.05, 4.69) is 28.1 Å². The molecule has 1 fully saturated rings. The number of alkyl halides is 2. The molecule has 0 saturated carbocycles. The van der Waals surface area contributed by atoms with Crippen molar-refractivity contribution in [3.05, 3.63) is 22.5 Å². The van der Waals surface area contributed by atoms with Gasteiger partial charge in [0.05, 0.1) is 6.33 Å². The molecule has 0 bridgehead atoms. The Morgan fingerprint density at radius 2 is 1.85 bits per heavy atom. The number of imidazole rings is 1. The average Bonchev–Trinajstić information content (AvgIpc) is 3.11. The second-order valence-corrected chi connectivity index (χ2v) is 11.6. The number of fused-ring (bicyclic) bond motifs is 1. The van der Waals surface area contributed by atoms with Crippen molar-refractivity contribution in [2.75, 3.05) is 6.61 Å². The molecule has 1 aliphatic heterocycles. The number of halogens is 2. The zero-order chi connectivity index (χ0) is 25.9. The molecule has 2 aromatic rings. The van der Waals surface area contributed by atoms with Gasteiger partial charge in [0.15, 0.2) is 23.6 Å². The van der Waals surface area contributed by atoms with Crippen LogP contribution in [0.5, 0.6) is 0 Å². The number of aromatic amines is 1. The molecular formula is C12H17F2N4O13P3. The molecule has 34 heavy (non-hydrogen) atoms. The number of H-pyrrole nitrogens is 1. The minimum absolute atomic E-state index is 0.0906. The van der Waals surface area contributed by atoms with E-state index in [1.807, 2.05) is 0 Å². The van der Waals surface area contributed by atoms with Gasteiger partial charge in [0, 0.05) is 0 Å². The number of hydrogen-bond acceptors (Lipinski definition) is 11. The van der Waals surface area contributed by atoms with Crippen LogP contribution in [0.2, 0.25) is 0 Å². The van der Waals surface area contributed by atoms with Crippen LogP contribution in [0.1, 0.15) is 19.0 Å². The van der Waals surface area contributed by atoms with Crippen molar-refractivity contribution in [1.82, 2.24) is 19.5 Å². The van der Waals surface area contributed by atoms with E-state index < -0.39 is 59.5 Å². The number of phosphoric acid groups is 3. The zero-order valence-corrected chi connectivity index (χ0v) is 19.6. The highest BCUT2D eigenvalue weighted by Crippen LogP contribution is 2.66. The second kappa shape index (κ2) is 8.58. The van der Waals surface area contributed by atoms with Gasteiger partial charge in [0.25, 0.3) is 11.4 Å². The Bertz CT molecular complexity index is 1310. The minimum Gasteiger partial charge on any atom is -0.382 e. The fourth-order valence-corrected chi connectivity index (χ4v) is 6.09. The van der Waals surface area contributed by atoms with Gasteiger partial charge < -0.3 is 34.4 Å². The third-order valence-corrected chi connectivity index (χ3v) is 8.13. The maximum atomic E-state index is 15.3. The smallest absolute Gasteiger partial charge is 0.382 e. The summed E-state index contributed by atoms with van der Waals surface area (Å²) >= 11 is 0. The predicted octanol–water partition coefficient (Wildman–Crippen LogP) is 0.0550. The quantitative estimate of drug-likeness (QED) is 0.235. The zero-order valence-electron chi connectivity index (χ0n) is 16.9. The number of aliphatic hydroxyl groups is 1. The van der Waals surface area contributed by atoms with E-state index >= 15 is 4.39 Å². The molecule has 0 aliphatic carbocycles. The lowest BCUT2D eigenvalue weighted by Gasteiger charge is -2.26. The largest absolute Gasteiger partial charge is 0.490 e. The van der Waals surface area contributed by atoms with Crippen LogP contribution < -0.4 is 5.56 Å². The lowest BCUT2D eigenvalue weighted by molar-refractivity contribution is -0.193. The first kappa shape index (κ1) is 27.1. The summed E-state index contributed by atoms with van der Waals surface area (Å²) in [6, 6.07) is 0. The van der Waals surface area contributed by atoms with E-state index in [-0.39, 0.29) is 17.0 Å². The summed E-state index contributed by atoms with van der Waals surface area (Å²) in [5.41, 5.74) is -3.89. The lowest BCUT2D eigenvalue weighted by atomic mass is 9.97. The van der Waals surface area contributed by atoms with Crippen molar-refractivity contribution in [3.63, 3.8) is 0 Å². The van der Waals surface area contributed by atoms with Crippen LogP contribution in [-0.4, -0.2) is 68.4 Å². The van der Waals surface area contributed by atoms with Crippen LogP contribution in [0, 0.1) is 6.92 Å². The number of aryl methyl sites for hydroxylation is 1. The Labute approximate surface area is 186 Å². The van der Waals surface area contributed by atoms with Crippen molar-refractivity contribution in [3.8, 4) is 0 Å². The summed E-state index contributed by atoms with van der Waals surface area (Å²) in [7, 11) is -17.4. The van der Waals surface area contributed by atoms with E-state index in [0.717, 1.165) is 17.8 Å². The summed E-state index contributed by atoms with van der Waals surface area (Å²) in [5.74, 6) is -3.60. The SMILES string of the molecule is Cc1nc2c(ncn2[C@@H]2O[C@](F)(COP(=O)(O)OP(=O)(O)OP(=O)(O)O)[C@@H](F)[C@@]2(C)O)c(=O)[nH]1. The Hall–Kier alpha value is -1.46. The first-order chi connectivity index (χ1) is 15.3. The summed E-state index contributed by atoms with van der Waals surface area (Å²) in [6.45, 7) is 0.358. The molecule has 0 radical (unpaired) electrons. The third-order valence-electron chi connectivity index (χ3n) is 4.34. The summed E-state index contributed by atoms with van der Waals surface area (Å²) in [5, 5.41) is 10.6. The van der Waals surface area contributed by atoms with Crippen LogP contribution in [0.3, 0.4) is 0 Å². The van der Waals surface area contributed by atoms with E-state index in [1.54, 1.807) is 0 Å².